The van der Waals surface area contributed by atoms with Gasteiger partial charge in [-0.25, -0.2) is 0 Å². The predicted octanol–water partition coefficient (Wildman–Crippen LogP) is 0.109. The van der Waals surface area contributed by atoms with Crippen LogP contribution in [0, 0.1) is 5.41 Å². The van der Waals surface area contributed by atoms with Crippen LogP contribution < -0.4 is 16.0 Å². The number of carboxylic acid groups (broad SMARTS) is 1. The van der Waals surface area contributed by atoms with Crippen LogP contribution in [0.2, 0.25) is 0 Å². The molecule has 0 aliphatic rings. The van der Waals surface area contributed by atoms with E-state index in [0.717, 1.165) is 6.42 Å². The predicted molar refractivity (Wildman–Crippen MR) is 79.8 cm³/mol. The summed E-state index contributed by atoms with van der Waals surface area (Å²) in [4.78, 5) is 32.6. The Kier molecular flexibility index (Phi) is 9.36. The third-order valence-corrected chi connectivity index (χ3v) is 3.10. The zero-order chi connectivity index (χ0) is 16.3. The van der Waals surface area contributed by atoms with Crippen LogP contribution in [-0.4, -0.2) is 49.1 Å². The Morgan fingerprint density at radius 2 is 1.62 bits per heavy atom. The van der Waals surface area contributed by atoms with Crippen LogP contribution in [0.4, 0.5) is 0 Å². The van der Waals surface area contributed by atoms with Crippen molar-refractivity contribution in [2.75, 3.05) is 26.2 Å². The van der Waals surface area contributed by atoms with Gasteiger partial charge in [-0.15, -0.1) is 0 Å². The average molecular weight is 301 g/mol. The van der Waals surface area contributed by atoms with Crippen molar-refractivity contribution in [1.29, 1.82) is 0 Å². The smallest absolute Gasteiger partial charge is 0.303 e. The molecule has 0 aliphatic carbocycles. The quantitative estimate of drug-likeness (QED) is 0.405. The number of hydrogen-bond acceptors (Lipinski definition) is 4. The maximum atomic E-state index is 11.5. The fourth-order valence-electron chi connectivity index (χ4n) is 1.70. The molecule has 122 valence electrons. The lowest BCUT2D eigenvalue weighted by Gasteiger charge is -2.23. The highest BCUT2D eigenvalue weighted by Gasteiger charge is 2.18. The van der Waals surface area contributed by atoms with Crippen molar-refractivity contribution in [3.63, 3.8) is 0 Å². The number of carbonyl (C=O) groups is 3. The van der Waals surface area contributed by atoms with Crippen LogP contribution in [0.1, 0.15) is 40.0 Å². The molecule has 2 amide bonds. The highest BCUT2D eigenvalue weighted by Crippen LogP contribution is 2.25. The third kappa shape index (κ3) is 13.1. The first-order chi connectivity index (χ1) is 9.73. The minimum Gasteiger partial charge on any atom is -0.481 e. The molecule has 7 nitrogen and oxygen atoms in total. The van der Waals surface area contributed by atoms with Crippen molar-refractivity contribution >= 4 is 17.8 Å². The van der Waals surface area contributed by atoms with Crippen molar-refractivity contribution in [3.8, 4) is 0 Å². The molecule has 21 heavy (non-hydrogen) atoms. The van der Waals surface area contributed by atoms with E-state index in [0.29, 0.717) is 26.1 Å². The summed E-state index contributed by atoms with van der Waals surface area (Å²) >= 11 is 0. The number of carbonyl (C=O) groups excluding carboxylic acids is 2. The van der Waals surface area contributed by atoms with E-state index in [1.165, 1.54) is 6.92 Å². The second-order valence-corrected chi connectivity index (χ2v) is 5.82. The van der Waals surface area contributed by atoms with E-state index in [9.17, 15) is 14.4 Å². The Balaban J connectivity index is 3.62. The maximum absolute atomic E-state index is 11.5. The normalized spacial score (nSPS) is 11.0. The molecule has 0 fully saturated rings. The molecule has 0 aromatic carbocycles. The van der Waals surface area contributed by atoms with E-state index in [1.807, 2.05) is 13.8 Å². The summed E-state index contributed by atoms with van der Waals surface area (Å²) in [6.07, 6.45) is 1.59. The van der Waals surface area contributed by atoms with Crippen LogP contribution in [0.5, 0.6) is 0 Å². The van der Waals surface area contributed by atoms with Crippen molar-refractivity contribution in [1.82, 2.24) is 16.0 Å². The summed E-state index contributed by atoms with van der Waals surface area (Å²) in [5, 5.41) is 17.0. The molecule has 0 saturated carbocycles. The van der Waals surface area contributed by atoms with Gasteiger partial charge < -0.3 is 21.1 Å². The van der Waals surface area contributed by atoms with Gasteiger partial charge in [-0.1, -0.05) is 13.8 Å². The summed E-state index contributed by atoms with van der Waals surface area (Å²) in [6.45, 7) is 7.17. The lowest BCUT2D eigenvalue weighted by atomic mass is 9.84. The molecule has 0 bridgehead atoms. The fourth-order valence-corrected chi connectivity index (χ4v) is 1.70. The molecule has 0 aliphatic heterocycles. The number of amides is 2. The minimum absolute atomic E-state index is 0.0622. The maximum Gasteiger partial charge on any atom is 0.303 e. The van der Waals surface area contributed by atoms with Crippen molar-refractivity contribution < 1.29 is 19.5 Å². The van der Waals surface area contributed by atoms with E-state index >= 15 is 0 Å². The van der Waals surface area contributed by atoms with Crippen molar-refractivity contribution in [2.45, 2.75) is 40.0 Å². The fraction of sp³-hybridized carbons (Fsp3) is 0.786. The molecule has 0 saturated heterocycles. The molecule has 0 heterocycles. The molecular weight excluding hydrogens is 274 g/mol. The largest absolute Gasteiger partial charge is 0.481 e. The van der Waals surface area contributed by atoms with Gasteiger partial charge in [0.2, 0.25) is 11.8 Å². The van der Waals surface area contributed by atoms with Gasteiger partial charge in [-0.3, -0.25) is 14.4 Å². The van der Waals surface area contributed by atoms with Crippen molar-refractivity contribution in [3.05, 3.63) is 0 Å². The summed E-state index contributed by atoms with van der Waals surface area (Å²) in [7, 11) is 0. The third-order valence-electron chi connectivity index (χ3n) is 3.10. The first-order valence-corrected chi connectivity index (χ1v) is 7.16. The van der Waals surface area contributed by atoms with Gasteiger partial charge >= 0.3 is 5.97 Å². The molecule has 7 heteroatoms. The molecule has 0 aromatic rings. The summed E-state index contributed by atoms with van der Waals surface area (Å²) in [6, 6.07) is 0. The van der Waals surface area contributed by atoms with Gasteiger partial charge in [0, 0.05) is 26.4 Å². The van der Waals surface area contributed by atoms with E-state index in [1.54, 1.807) is 0 Å². The Bertz CT molecular complexity index is 356. The van der Waals surface area contributed by atoms with E-state index in [2.05, 4.69) is 16.0 Å². The molecule has 0 spiro atoms. The van der Waals surface area contributed by atoms with E-state index in [4.69, 9.17) is 5.11 Å². The molecular formula is C14H27N3O4. The highest BCUT2D eigenvalue weighted by atomic mass is 16.4. The highest BCUT2D eigenvalue weighted by molar-refractivity contribution is 5.78. The molecule has 0 radical (unpaired) electrons. The molecule has 0 rings (SSSR count). The Labute approximate surface area is 125 Å². The van der Waals surface area contributed by atoms with Crippen LogP contribution in [0.3, 0.4) is 0 Å². The van der Waals surface area contributed by atoms with Gasteiger partial charge in [-0.2, -0.15) is 0 Å². The van der Waals surface area contributed by atoms with Gasteiger partial charge in [0.05, 0.1) is 6.54 Å². The van der Waals surface area contributed by atoms with Crippen LogP contribution in [-0.2, 0) is 14.4 Å². The van der Waals surface area contributed by atoms with E-state index in [-0.39, 0.29) is 30.2 Å². The molecule has 0 atom stereocenters. The number of carboxylic acids is 1. The molecule has 0 unspecified atom stereocenters. The zero-order valence-electron chi connectivity index (χ0n) is 13.1. The van der Waals surface area contributed by atoms with Crippen LogP contribution in [0.15, 0.2) is 0 Å². The number of aliphatic carboxylic acids is 1. The average Bonchev–Trinajstić information content (AvgIpc) is 2.37. The Hall–Kier alpha value is -1.63. The monoisotopic (exact) mass is 301 g/mol. The first kappa shape index (κ1) is 19.4. The first-order valence-electron chi connectivity index (χ1n) is 7.16. The number of nitrogens with one attached hydrogen (secondary N) is 3. The van der Waals surface area contributed by atoms with E-state index < -0.39 is 5.97 Å². The van der Waals surface area contributed by atoms with Gasteiger partial charge in [0.1, 0.15) is 0 Å². The minimum atomic E-state index is -0.783. The second kappa shape index (κ2) is 10.1. The number of hydrogen-bond donors (Lipinski definition) is 4. The number of rotatable bonds is 11. The second-order valence-electron chi connectivity index (χ2n) is 5.82. The SMILES string of the molecule is CC(=O)NCCNC(=O)CNCCC(C)(C)CCC(=O)O. The topological polar surface area (TPSA) is 108 Å². The lowest BCUT2D eigenvalue weighted by Crippen LogP contribution is -2.39. The Morgan fingerprint density at radius 3 is 2.19 bits per heavy atom. The zero-order valence-corrected chi connectivity index (χ0v) is 13.1. The van der Waals surface area contributed by atoms with Crippen molar-refractivity contribution in [2.24, 2.45) is 5.41 Å². The Morgan fingerprint density at radius 1 is 1.00 bits per heavy atom. The van der Waals surface area contributed by atoms with Crippen LogP contribution >= 0.6 is 0 Å². The van der Waals surface area contributed by atoms with Crippen LogP contribution in [0.25, 0.3) is 0 Å². The standard InChI is InChI=1S/C14H27N3O4/c1-11(18)16-8-9-17-12(19)10-15-7-6-14(2,3)5-4-13(20)21/h15H,4-10H2,1-3H3,(H,16,18)(H,17,19)(H,20,21). The molecule has 4 N–H and O–H groups in total. The summed E-state index contributed by atoms with van der Waals surface area (Å²) in [5.74, 6) is -1.02. The van der Waals surface area contributed by atoms with Gasteiger partial charge in [0.25, 0.3) is 0 Å². The lowest BCUT2D eigenvalue weighted by molar-refractivity contribution is -0.137. The van der Waals surface area contributed by atoms with Gasteiger partial charge in [0.15, 0.2) is 0 Å². The van der Waals surface area contributed by atoms with Gasteiger partial charge in [-0.05, 0) is 24.8 Å². The summed E-state index contributed by atoms with van der Waals surface area (Å²) in [5.41, 5.74) is -0.0622. The summed E-state index contributed by atoms with van der Waals surface area (Å²) < 4.78 is 0. The molecule has 0 aromatic heterocycles.